The van der Waals surface area contributed by atoms with Crippen molar-refractivity contribution < 1.29 is 0 Å². The first-order valence-electron chi connectivity index (χ1n) is 7.15. The minimum absolute atomic E-state index is 0.711. The smallest absolute Gasteiger partial charge is 0.180 e. The van der Waals surface area contributed by atoms with Crippen LogP contribution in [0.15, 0.2) is 60.4 Å². The van der Waals surface area contributed by atoms with Gasteiger partial charge in [-0.05, 0) is 23.6 Å². The SMILES string of the molecule is Clc1cccc(-c2cnc3c(NCc4cccs4)nccn23)c1. The van der Waals surface area contributed by atoms with Gasteiger partial charge in [0.25, 0.3) is 0 Å². The molecule has 6 heteroatoms. The monoisotopic (exact) mass is 340 g/mol. The molecule has 3 aromatic heterocycles. The Kier molecular flexibility index (Phi) is 3.73. The number of thiophene rings is 1. The normalized spacial score (nSPS) is 11.0. The average molecular weight is 341 g/mol. The lowest BCUT2D eigenvalue weighted by Gasteiger charge is -2.07. The highest BCUT2D eigenvalue weighted by molar-refractivity contribution is 7.09. The molecule has 0 saturated carbocycles. The number of imidazole rings is 1. The summed E-state index contributed by atoms with van der Waals surface area (Å²) in [7, 11) is 0. The van der Waals surface area contributed by atoms with Gasteiger partial charge >= 0.3 is 0 Å². The topological polar surface area (TPSA) is 42.2 Å². The van der Waals surface area contributed by atoms with Gasteiger partial charge in [0.1, 0.15) is 0 Å². The number of halogens is 1. The second-order valence-electron chi connectivity index (χ2n) is 5.06. The predicted molar refractivity (Wildman–Crippen MR) is 95.1 cm³/mol. The minimum Gasteiger partial charge on any atom is -0.362 e. The van der Waals surface area contributed by atoms with Crippen molar-refractivity contribution in [3.63, 3.8) is 0 Å². The standard InChI is InChI=1S/C17H13ClN4S/c18-13-4-1-3-12(9-13)15-11-21-17-16(19-6-7-22(15)17)20-10-14-5-2-8-23-14/h1-9,11H,10H2,(H,19,20). The van der Waals surface area contributed by atoms with Crippen molar-refractivity contribution in [3.8, 4) is 11.3 Å². The van der Waals surface area contributed by atoms with Crippen LogP contribution in [-0.4, -0.2) is 14.4 Å². The summed E-state index contributed by atoms with van der Waals surface area (Å²) in [4.78, 5) is 10.2. The van der Waals surface area contributed by atoms with Crippen molar-refractivity contribution in [2.75, 3.05) is 5.32 Å². The summed E-state index contributed by atoms with van der Waals surface area (Å²) in [5, 5.41) is 6.13. The van der Waals surface area contributed by atoms with Crippen molar-refractivity contribution in [3.05, 3.63) is 70.3 Å². The Morgan fingerprint density at radius 2 is 2.13 bits per heavy atom. The fourth-order valence-corrected chi connectivity index (χ4v) is 3.32. The van der Waals surface area contributed by atoms with Gasteiger partial charge in [-0.3, -0.25) is 4.40 Å². The highest BCUT2D eigenvalue weighted by Crippen LogP contribution is 2.25. The molecule has 3 heterocycles. The maximum absolute atomic E-state index is 6.10. The van der Waals surface area contributed by atoms with E-state index < -0.39 is 0 Å². The van der Waals surface area contributed by atoms with Gasteiger partial charge in [-0.2, -0.15) is 0 Å². The third-order valence-electron chi connectivity index (χ3n) is 3.56. The molecule has 1 N–H and O–H groups in total. The molecule has 114 valence electrons. The summed E-state index contributed by atoms with van der Waals surface area (Å²) in [6.45, 7) is 0.740. The van der Waals surface area contributed by atoms with Crippen LogP contribution in [0.25, 0.3) is 16.9 Å². The molecule has 0 aliphatic carbocycles. The van der Waals surface area contributed by atoms with Gasteiger partial charge in [0.15, 0.2) is 11.5 Å². The Bertz CT molecular complexity index is 946. The molecule has 0 amide bonds. The second kappa shape index (κ2) is 6.02. The maximum Gasteiger partial charge on any atom is 0.180 e. The number of benzene rings is 1. The van der Waals surface area contributed by atoms with E-state index in [4.69, 9.17) is 11.6 Å². The molecule has 1 aromatic carbocycles. The number of hydrogen-bond donors (Lipinski definition) is 1. The fraction of sp³-hybridized carbons (Fsp3) is 0.0588. The van der Waals surface area contributed by atoms with Gasteiger partial charge in [0.2, 0.25) is 0 Å². The van der Waals surface area contributed by atoms with E-state index in [1.165, 1.54) is 4.88 Å². The van der Waals surface area contributed by atoms with Crippen molar-refractivity contribution in [1.82, 2.24) is 14.4 Å². The number of fused-ring (bicyclic) bond motifs is 1. The van der Waals surface area contributed by atoms with Crippen LogP contribution >= 0.6 is 22.9 Å². The molecule has 0 aliphatic heterocycles. The summed E-state index contributed by atoms with van der Waals surface area (Å²) >= 11 is 7.82. The van der Waals surface area contributed by atoms with E-state index in [0.29, 0.717) is 5.02 Å². The Morgan fingerprint density at radius 1 is 1.17 bits per heavy atom. The maximum atomic E-state index is 6.10. The number of anilines is 1. The van der Waals surface area contributed by atoms with Gasteiger partial charge in [-0.15, -0.1) is 11.3 Å². The number of rotatable bonds is 4. The highest BCUT2D eigenvalue weighted by atomic mass is 35.5. The third kappa shape index (κ3) is 2.81. The zero-order chi connectivity index (χ0) is 15.6. The Morgan fingerprint density at radius 3 is 2.96 bits per heavy atom. The van der Waals surface area contributed by atoms with Crippen LogP contribution in [0.4, 0.5) is 5.82 Å². The Labute approximate surface area is 142 Å². The van der Waals surface area contributed by atoms with Crippen LogP contribution in [0.2, 0.25) is 5.02 Å². The van der Waals surface area contributed by atoms with Crippen molar-refractivity contribution >= 4 is 34.4 Å². The minimum atomic E-state index is 0.711. The van der Waals surface area contributed by atoms with Crippen molar-refractivity contribution in [1.29, 1.82) is 0 Å². The average Bonchev–Trinajstić information content (AvgIpc) is 3.22. The molecule has 0 atom stereocenters. The van der Waals surface area contributed by atoms with Gasteiger partial charge in [0, 0.05) is 27.9 Å². The molecule has 23 heavy (non-hydrogen) atoms. The number of hydrogen-bond acceptors (Lipinski definition) is 4. The number of nitrogens with one attached hydrogen (secondary N) is 1. The molecule has 4 nitrogen and oxygen atoms in total. The van der Waals surface area contributed by atoms with Crippen LogP contribution in [0.1, 0.15) is 4.88 Å². The molecular formula is C17H13ClN4S. The summed E-state index contributed by atoms with van der Waals surface area (Å²) in [6.07, 6.45) is 5.54. The molecule has 0 bridgehead atoms. The van der Waals surface area contributed by atoms with Crippen molar-refractivity contribution in [2.45, 2.75) is 6.54 Å². The largest absolute Gasteiger partial charge is 0.362 e. The van der Waals surface area contributed by atoms with Crippen LogP contribution in [0.3, 0.4) is 0 Å². The van der Waals surface area contributed by atoms with Gasteiger partial charge in [-0.1, -0.05) is 29.8 Å². The fourth-order valence-electron chi connectivity index (χ4n) is 2.49. The zero-order valence-corrected chi connectivity index (χ0v) is 13.7. The van der Waals surface area contributed by atoms with Crippen LogP contribution in [0.5, 0.6) is 0 Å². The van der Waals surface area contributed by atoms with Crippen molar-refractivity contribution in [2.24, 2.45) is 0 Å². The van der Waals surface area contributed by atoms with Crippen LogP contribution in [0, 0.1) is 0 Å². The molecule has 4 rings (SSSR count). The van der Waals surface area contributed by atoms with Gasteiger partial charge < -0.3 is 5.32 Å². The summed E-state index contributed by atoms with van der Waals surface area (Å²) < 4.78 is 2.02. The lowest BCUT2D eigenvalue weighted by Crippen LogP contribution is -2.02. The molecule has 0 saturated heterocycles. The molecule has 4 aromatic rings. The second-order valence-corrected chi connectivity index (χ2v) is 6.52. The molecule has 0 unspecified atom stereocenters. The van der Waals surface area contributed by atoms with E-state index in [0.717, 1.165) is 29.3 Å². The third-order valence-corrected chi connectivity index (χ3v) is 4.67. The molecule has 0 radical (unpaired) electrons. The van der Waals surface area contributed by atoms with Gasteiger partial charge in [-0.25, -0.2) is 9.97 Å². The van der Waals surface area contributed by atoms with E-state index >= 15 is 0 Å². The Balaban J connectivity index is 1.71. The van der Waals surface area contributed by atoms with E-state index in [9.17, 15) is 0 Å². The van der Waals surface area contributed by atoms with E-state index in [1.807, 2.05) is 47.1 Å². The first-order valence-corrected chi connectivity index (χ1v) is 8.41. The number of nitrogens with zero attached hydrogens (tertiary/aromatic N) is 3. The quantitative estimate of drug-likeness (QED) is 0.584. The lowest BCUT2D eigenvalue weighted by molar-refractivity contribution is 1.08. The highest BCUT2D eigenvalue weighted by Gasteiger charge is 2.10. The van der Waals surface area contributed by atoms with Crippen LogP contribution < -0.4 is 5.32 Å². The predicted octanol–water partition coefficient (Wildman–Crippen LogP) is 4.72. The first-order chi connectivity index (χ1) is 11.3. The summed E-state index contributed by atoms with van der Waals surface area (Å²) in [6, 6.07) is 11.9. The van der Waals surface area contributed by atoms with Crippen LogP contribution in [-0.2, 0) is 6.54 Å². The number of aromatic nitrogens is 3. The zero-order valence-electron chi connectivity index (χ0n) is 12.1. The van der Waals surface area contributed by atoms with E-state index in [1.54, 1.807) is 17.5 Å². The lowest BCUT2D eigenvalue weighted by atomic mass is 10.2. The molecular weight excluding hydrogens is 328 g/mol. The summed E-state index contributed by atoms with van der Waals surface area (Å²) in [5.41, 5.74) is 2.82. The van der Waals surface area contributed by atoms with E-state index in [2.05, 4.69) is 26.7 Å². The molecule has 0 aliphatic rings. The first kappa shape index (κ1) is 14.2. The Hall–Kier alpha value is -2.37. The molecule has 0 spiro atoms. The van der Waals surface area contributed by atoms with Gasteiger partial charge in [0.05, 0.1) is 18.4 Å². The summed E-state index contributed by atoms with van der Waals surface area (Å²) in [5.74, 6) is 0.772. The van der Waals surface area contributed by atoms with E-state index in [-0.39, 0.29) is 0 Å². The molecule has 0 fully saturated rings.